The van der Waals surface area contributed by atoms with E-state index in [1.54, 1.807) is 44.3 Å². The molecular formula is C13H12FNO. The monoisotopic (exact) mass is 217 g/mol. The molecule has 0 spiro atoms. The molecule has 0 aliphatic heterocycles. The second kappa shape index (κ2) is 3.93. The number of hydrogen-bond acceptors (Lipinski definition) is 1. The first-order valence-corrected chi connectivity index (χ1v) is 5.04. The first-order chi connectivity index (χ1) is 7.59. The molecule has 0 saturated carbocycles. The van der Waals surface area contributed by atoms with Crippen molar-refractivity contribution < 1.29 is 4.39 Å². The van der Waals surface area contributed by atoms with Gasteiger partial charge in [-0.1, -0.05) is 12.1 Å². The Kier molecular flexibility index (Phi) is 2.60. The Balaban J connectivity index is 2.64. The van der Waals surface area contributed by atoms with Crippen molar-refractivity contribution in [1.29, 1.82) is 0 Å². The van der Waals surface area contributed by atoms with E-state index in [0.29, 0.717) is 16.8 Å². The van der Waals surface area contributed by atoms with Crippen molar-refractivity contribution in [3.63, 3.8) is 0 Å². The molecule has 1 heterocycles. The van der Waals surface area contributed by atoms with E-state index in [0.717, 1.165) is 0 Å². The molecule has 1 aromatic heterocycles. The molecule has 0 saturated heterocycles. The van der Waals surface area contributed by atoms with Crippen LogP contribution >= 0.6 is 0 Å². The lowest BCUT2D eigenvalue weighted by Crippen LogP contribution is -2.19. The largest absolute Gasteiger partial charge is 0.284 e. The fraction of sp³-hybridized carbons (Fsp3) is 0.154. The summed E-state index contributed by atoms with van der Waals surface area (Å²) in [4.78, 5) is 11.8. The number of nitrogens with zero attached hydrogens (tertiary/aromatic N) is 1. The van der Waals surface area contributed by atoms with E-state index in [9.17, 15) is 9.18 Å². The van der Waals surface area contributed by atoms with Crippen LogP contribution in [0.25, 0.3) is 5.69 Å². The number of aryl methyl sites for hydroxylation is 2. The predicted octanol–water partition coefficient (Wildman–Crippen LogP) is 2.59. The number of rotatable bonds is 1. The highest BCUT2D eigenvalue weighted by atomic mass is 19.1. The van der Waals surface area contributed by atoms with Crippen LogP contribution in [0.5, 0.6) is 0 Å². The average Bonchev–Trinajstić information content (AvgIpc) is 2.26. The Morgan fingerprint density at radius 2 is 1.88 bits per heavy atom. The molecule has 0 amide bonds. The summed E-state index contributed by atoms with van der Waals surface area (Å²) in [5, 5.41) is 0. The maximum absolute atomic E-state index is 13.4. The van der Waals surface area contributed by atoms with Crippen LogP contribution in [0.2, 0.25) is 0 Å². The number of benzene rings is 1. The molecule has 82 valence electrons. The van der Waals surface area contributed by atoms with E-state index < -0.39 is 0 Å². The molecule has 0 atom stereocenters. The summed E-state index contributed by atoms with van der Waals surface area (Å²) in [6.07, 6.45) is 1.64. The van der Waals surface area contributed by atoms with Gasteiger partial charge in [-0.3, -0.25) is 9.36 Å². The summed E-state index contributed by atoms with van der Waals surface area (Å²) in [6.45, 7) is 3.43. The van der Waals surface area contributed by atoms with Crippen molar-refractivity contribution in [3.8, 4) is 5.69 Å². The molecule has 0 fully saturated rings. The third-order valence-electron chi connectivity index (χ3n) is 2.57. The fourth-order valence-corrected chi connectivity index (χ4v) is 1.54. The quantitative estimate of drug-likeness (QED) is 0.719. The standard InChI is InChI=1S/C13H12FNO/c1-9-5-6-11(8-12(9)14)15-7-3-4-10(2)13(15)16/h3-8H,1-2H3. The van der Waals surface area contributed by atoms with Crippen LogP contribution in [0.15, 0.2) is 41.3 Å². The van der Waals surface area contributed by atoms with Crippen molar-refractivity contribution in [1.82, 2.24) is 4.57 Å². The molecule has 0 aliphatic carbocycles. The Morgan fingerprint density at radius 3 is 2.56 bits per heavy atom. The van der Waals surface area contributed by atoms with Crippen LogP contribution in [0.3, 0.4) is 0 Å². The fourth-order valence-electron chi connectivity index (χ4n) is 1.54. The Morgan fingerprint density at radius 1 is 1.12 bits per heavy atom. The molecule has 0 bridgehead atoms. The van der Waals surface area contributed by atoms with Gasteiger partial charge >= 0.3 is 0 Å². The molecular weight excluding hydrogens is 205 g/mol. The predicted molar refractivity (Wildman–Crippen MR) is 61.5 cm³/mol. The Hall–Kier alpha value is -1.90. The number of aromatic nitrogens is 1. The first-order valence-electron chi connectivity index (χ1n) is 5.04. The van der Waals surface area contributed by atoms with Crippen molar-refractivity contribution in [2.24, 2.45) is 0 Å². The molecule has 0 unspecified atom stereocenters. The lowest BCUT2D eigenvalue weighted by Gasteiger charge is -2.07. The lowest BCUT2D eigenvalue weighted by molar-refractivity contribution is 0.617. The van der Waals surface area contributed by atoms with Gasteiger partial charge in [-0.05, 0) is 37.6 Å². The molecule has 0 N–H and O–H groups in total. The van der Waals surface area contributed by atoms with Crippen LogP contribution in [-0.2, 0) is 0 Å². The van der Waals surface area contributed by atoms with Crippen LogP contribution in [0.1, 0.15) is 11.1 Å². The van der Waals surface area contributed by atoms with Gasteiger partial charge in [0.15, 0.2) is 0 Å². The molecule has 16 heavy (non-hydrogen) atoms. The number of pyridine rings is 1. The van der Waals surface area contributed by atoms with Crippen LogP contribution in [-0.4, -0.2) is 4.57 Å². The van der Waals surface area contributed by atoms with E-state index in [1.165, 1.54) is 10.6 Å². The summed E-state index contributed by atoms with van der Waals surface area (Å²) in [7, 11) is 0. The third kappa shape index (κ3) is 1.76. The molecule has 2 rings (SSSR count). The van der Waals surface area contributed by atoms with Crippen molar-refractivity contribution in [2.45, 2.75) is 13.8 Å². The molecule has 1 aromatic carbocycles. The van der Waals surface area contributed by atoms with E-state index in [1.807, 2.05) is 0 Å². The highest BCUT2D eigenvalue weighted by Gasteiger charge is 2.04. The maximum Gasteiger partial charge on any atom is 0.257 e. The summed E-state index contributed by atoms with van der Waals surface area (Å²) < 4.78 is 14.8. The zero-order valence-electron chi connectivity index (χ0n) is 9.20. The summed E-state index contributed by atoms with van der Waals surface area (Å²) >= 11 is 0. The second-order valence-corrected chi connectivity index (χ2v) is 3.80. The topological polar surface area (TPSA) is 22.0 Å². The SMILES string of the molecule is Cc1ccc(-n2cccc(C)c2=O)cc1F. The lowest BCUT2D eigenvalue weighted by atomic mass is 10.2. The van der Waals surface area contributed by atoms with Gasteiger partial charge in [-0.25, -0.2) is 4.39 Å². The van der Waals surface area contributed by atoms with Gasteiger partial charge in [0.25, 0.3) is 5.56 Å². The summed E-state index contributed by atoms with van der Waals surface area (Å²) in [5.74, 6) is -0.300. The van der Waals surface area contributed by atoms with Gasteiger partial charge < -0.3 is 0 Å². The Labute approximate surface area is 93.0 Å². The number of hydrogen-bond donors (Lipinski definition) is 0. The zero-order chi connectivity index (χ0) is 11.7. The van der Waals surface area contributed by atoms with Gasteiger partial charge in [-0.15, -0.1) is 0 Å². The highest BCUT2D eigenvalue weighted by molar-refractivity contribution is 5.36. The highest BCUT2D eigenvalue weighted by Crippen LogP contribution is 2.11. The van der Waals surface area contributed by atoms with E-state index >= 15 is 0 Å². The van der Waals surface area contributed by atoms with E-state index in [4.69, 9.17) is 0 Å². The van der Waals surface area contributed by atoms with Crippen molar-refractivity contribution in [3.05, 3.63) is 63.8 Å². The van der Waals surface area contributed by atoms with E-state index in [-0.39, 0.29) is 11.4 Å². The molecule has 2 aromatic rings. The smallest absolute Gasteiger partial charge is 0.257 e. The van der Waals surface area contributed by atoms with Crippen LogP contribution in [0, 0.1) is 19.7 Å². The maximum atomic E-state index is 13.4. The van der Waals surface area contributed by atoms with Crippen molar-refractivity contribution in [2.75, 3.05) is 0 Å². The third-order valence-corrected chi connectivity index (χ3v) is 2.57. The zero-order valence-corrected chi connectivity index (χ0v) is 9.20. The Bertz CT molecular complexity index is 587. The average molecular weight is 217 g/mol. The normalized spacial score (nSPS) is 10.4. The molecule has 2 nitrogen and oxygen atoms in total. The molecule has 0 aliphatic rings. The molecule has 0 radical (unpaired) electrons. The minimum atomic E-state index is -0.300. The summed E-state index contributed by atoms with van der Waals surface area (Å²) in [5.41, 5.74) is 1.65. The van der Waals surface area contributed by atoms with E-state index in [2.05, 4.69) is 0 Å². The minimum Gasteiger partial charge on any atom is -0.284 e. The first kappa shape index (κ1) is 10.6. The van der Waals surface area contributed by atoms with Gasteiger partial charge in [0.05, 0.1) is 5.69 Å². The minimum absolute atomic E-state index is 0.120. The van der Waals surface area contributed by atoms with Crippen LogP contribution < -0.4 is 5.56 Å². The van der Waals surface area contributed by atoms with Gasteiger partial charge in [0.1, 0.15) is 5.82 Å². The molecule has 3 heteroatoms. The van der Waals surface area contributed by atoms with Gasteiger partial charge in [0.2, 0.25) is 0 Å². The number of halogens is 1. The van der Waals surface area contributed by atoms with Gasteiger partial charge in [-0.2, -0.15) is 0 Å². The summed E-state index contributed by atoms with van der Waals surface area (Å²) in [6, 6.07) is 8.28. The van der Waals surface area contributed by atoms with Crippen molar-refractivity contribution >= 4 is 0 Å². The second-order valence-electron chi connectivity index (χ2n) is 3.80. The van der Waals surface area contributed by atoms with Crippen LogP contribution in [0.4, 0.5) is 4.39 Å². The van der Waals surface area contributed by atoms with Gasteiger partial charge in [0, 0.05) is 11.8 Å².